The van der Waals surface area contributed by atoms with Gasteiger partial charge in [-0.15, -0.1) is 0 Å². The van der Waals surface area contributed by atoms with Gasteiger partial charge < -0.3 is 10.5 Å². The number of nitrogens with two attached hydrogens (primary N) is 1. The fourth-order valence-electron chi connectivity index (χ4n) is 1.68. The highest BCUT2D eigenvalue weighted by Gasteiger charge is 2.15. The minimum absolute atomic E-state index is 0.596. The molecule has 0 saturated carbocycles. The van der Waals surface area contributed by atoms with Crippen LogP contribution in [0.5, 0.6) is 11.6 Å². The van der Waals surface area contributed by atoms with E-state index in [1.165, 1.54) is 0 Å². The molecule has 5 heteroatoms. The summed E-state index contributed by atoms with van der Waals surface area (Å²) in [6, 6.07) is 7.68. The molecule has 2 aromatic rings. The van der Waals surface area contributed by atoms with E-state index in [1.807, 2.05) is 35.9 Å². The lowest BCUT2D eigenvalue weighted by Crippen LogP contribution is -2.02. The lowest BCUT2D eigenvalue weighted by molar-refractivity contribution is 0.408. The van der Waals surface area contributed by atoms with E-state index in [-0.39, 0.29) is 0 Å². The highest BCUT2D eigenvalue weighted by Crippen LogP contribution is 2.33. The molecule has 96 valence electrons. The van der Waals surface area contributed by atoms with Crippen LogP contribution in [0, 0.1) is 6.92 Å². The average molecular weight is 310 g/mol. The number of halogens is 1. The highest BCUT2D eigenvalue weighted by molar-refractivity contribution is 9.10. The Kier molecular flexibility index (Phi) is 3.91. The van der Waals surface area contributed by atoms with Crippen LogP contribution in [0.25, 0.3) is 0 Å². The first-order chi connectivity index (χ1) is 8.63. The van der Waals surface area contributed by atoms with Crippen LogP contribution in [0.4, 0.5) is 5.69 Å². The minimum atomic E-state index is 0.596. The van der Waals surface area contributed by atoms with Crippen LogP contribution in [-0.2, 0) is 6.54 Å². The molecular formula is C13H16BrN3O. The zero-order chi connectivity index (χ0) is 13.1. The van der Waals surface area contributed by atoms with Gasteiger partial charge >= 0.3 is 0 Å². The van der Waals surface area contributed by atoms with Crippen molar-refractivity contribution in [1.82, 2.24) is 9.78 Å². The molecule has 1 aromatic heterocycles. The number of anilines is 1. The van der Waals surface area contributed by atoms with Crippen LogP contribution in [0.2, 0.25) is 0 Å². The van der Waals surface area contributed by atoms with Crippen molar-refractivity contribution in [2.45, 2.75) is 26.8 Å². The summed E-state index contributed by atoms with van der Waals surface area (Å²) < 4.78 is 8.58. The number of ether oxygens (including phenoxy) is 1. The van der Waals surface area contributed by atoms with Gasteiger partial charge in [0.15, 0.2) is 0 Å². The van der Waals surface area contributed by atoms with Crippen LogP contribution in [0.15, 0.2) is 28.7 Å². The molecule has 0 bridgehead atoms. The second-order valence-corrected chi connectivity index (χ2v) is 4.91. The van der Waals surface area contributed by atoms with Crippen LogP contribution in [-0.4, -0.2) is 9.78 Å². The molecule has 2 N–H and O–H groups in total. The van der Waals surface area contributed by atoms with Gasteiger partial charge in [0.2, 0.25) is 5.88 Å². The molecule has 2 rings (SSSR count). The third-order valence-electron chi connectivity index (χ3n) is 2.60. The van der Waals surface area contributed by atoms with Gasteiger partial charge in [-0.25, -0.2) is 4.68 Å². The molecule has 4 nitrogen and oxygen atoms in total. The summed E-state index contributed by atoms with van der Waals surface area (Å²) in [6.45, 7) is 4.77. The predicted molar refractivity (Wildman–Crippen MR) is 75.9 cm³/mol. The molecule has 0 atom stereocenters. The van der Waals surface area contributed by atoms with Crippen LogP contribution in [0.1, 0.15) is 19.0 Å². The van der Waals surface area contributed by atoms with E-state index in [2.05, 4.69) is 28.0 Å². The summed E-state index contributed by atoms with van der Waals surface area (Å²) in [6.07, 6.45) is 0.979. The number of benzene rings is 1. The van der Waals surface area contributed by atoms with Gasteiger partial charge in [0.25, 0.3) is 0 Å². The zero-order valence-electron chi connectivity index (χ0n) is 10.5. The zero-order valence-corrected chi connectivity index (χ0v) is 12.1. The van der Waals surface area contributed by atoms with E-state index in [4.69, 9.17) is 10.5 Å². The molecule has 0 spiro atoms. The summed E-state index contributed by atoms with van der Waals surface area (Å²) in [4.78, 5) is 0. The Morgan fingerprint density at radius 3 is 2.78 bits per heavy atom. The number of hydrogen-bond donors (Lipinski definition) is 1. The summed E-state index contributed by atoms with van der Waals surface area (Å²) in [5.74, 6) is 1.35. The second-order valence-electron chi connectivity index (χ2n) is 4.06. The standard InChI is InChI=1S/C13H16BrN3O/c1-3-8-17-13(12(15)9(2)16-17)18-11-7-5-4-6-10(11)14/h4-7H,3,8,15H2,1-2H3. The molecule has 0 fully saturated rings. The molecule has 0 aliphatic heterocycles. The third kappa shape index (κ3) is 2.51. The molecule has 1 heterocycles. The quantitative estimate of drug-likeness (QED) is 0.936. The SMILES string of the molecule is CCCn1nc(C)c(N)c1Oc1ccccc1Br. The first kappa shape index (κ1) is 13.0. The third-order valence-corrected chi connectivity index (χ3v) is 3.26. The van der Waals surface area contributed by atoms with Gasteiger partial charge in [-0.2, -0.15) is 5.10 Å². The Balaban J connectivity index is 2.36. The number of para-hydroxylation sites is 1. The molecule has 1 aromatic carbocycles. The molecule has 0 amide bonds. The van der Waals surface area contributed by atoms with Crippen molar-refractivity contribution in [2.75, 3.05) is 5.73 Å². The van der Waals surface area contributed by atoms with Crippen LogP contribution in [0.3, 0.4) is 0 Å². The lowest BCUT2D eigenvalue weighted by Gasteiger charge is -2.10. The summed E-state index contributed by atoms with van der Waals surface area (Å²) >= 11 is 3.45. The Morgan fingerprint density at radius 1 is 1.39 bits per heavy atom. The largest absolute Gasteiger partial charge is 0.436 e. The first-order valence-corrected chi connectivity index (χ1v) is 6.68. The number of rotatable bonds is 4. The molecule has 18 heavy (non-hydrogen) atoms. The maximum absolute atomic E-state index is 6.01. The van der Waals surface area contributed by atoms with Gasteiger partial charge in [-0.3, -0.25) is 0 Å². The van der Waals surface area contributed by atoms with Crippen molar-refractivity contribution in [2.24, 2.45) is 0 Å². The number of aryl methyl sites for hydroxylation is 2. The van der Waals surface area contributed by atoms with Crippen molar-refractivity contribution in [3.63, 3.8) is 0 Å². The van der Waals surface area contributed by atoms with E-state index in [1.54, 1.807) is 0 Å². The summed E-state index contributed by atoms with van der Waals surface area (Å²) in [5.41, 5.74) is 7.40. The average Bonchev–Trinajstić information content (AvgIpc) is 2.60. The molecule has 0 aliphatic rings. The van der Waals surface area contributed by atoms with Gasteiger partial charge in [0.05, 0.1) is 10.2 Å². The Labute approximate surface area is 115 Å². The number of nitrogens with zero attached hydrogens (tertiary/aromatic N) is 2. The van der Waals surface area contributed by atoms with Crippen LogP contribution < -0.4 is 10.5 Å². The van der Waals surface area contributed by atoms with Gasteiger partial charge in [-0.1, -0.05) is 19.1 Å². The number of nitrogen functional groups attached to an aromatic ring is 1. The van der Waals surface area contributed by atoms with Crippen molar-refractivity contribution in [3.8, 4) is 11.6 Å². The van der Waals surface area contributed by atoms with Crippen molar-refractivity contribution >= 4 is 21.6 Å². The Hall–Kier alpha value is -1.49. The Morgan fingerprint density at radius 2 is 2.11 bits per heavy atom. The van der Waals surface area contributed by atoms with Crippen molar-refractivity contribution in [3.05, 3.63) is 34.4 Å². The van der Waals surface area contributed by atoms with Gasteiger partial charge in [0.1, 0.15) is 11.4 Å². The fourth-order valence-corrected chi connectivity index (χ4v) is 2.04. The van der Waals surface area contributed by atoms with Gasteiger partial charge in [0, 0.05) is 6.54 Å². The summed E-state index contributed by atoms with van der Waals surface area (Å²) in [5, 5.41) is 4.38. The second kappa shape index (κ2) is 5.44. The molecule has 0 radical (unpaired) electrons. The molecular weight excluding hydrogens is 294 g/mol. The molecule has 0 saturated heterocycles. The molecule has 0 aliphatic carbocycles. The van der Waals surface area contributed by atoms with E-state index in [0.717, 1.165) is 28.9 Å². The Bertz CT molecular complexity index is 551. The minimum Gasteiger partial charge on any atom is -0.436 e. The fraction of sp³-hybridized carbons (Fsp3) is 0.308. The van der Waals surface area contributed by atoms with Crippen LogP contribution >= 0.6 is 15.9 Å². The number of aromatic nitrogens is 2. The first-order valence-electron chi connectivity index (χ1n) is 5.88. The molecule has 0 unspecified atom stereocenters. The summed E-state index contributed by atoms with van der Waals surface area (Å²) in [7, 11) is 0. The normalized spacial score (nSPS) is 10.6. The van der Waals surface area contributed by atoms with Crippen molar-refractivity contribution in [1.29, 1.82) is 0 Å². The topological polar surface area (TPSA) is 53.1 Å². The van der Waals surface area contributed by atoms with Crippen molar-refractivity contribution < 1.29 is 4.74 Å². The smallest absolute Gasteiger partial charge is 0.241 e. The predicted octanol–water partition coefficient (Wildman–Crippen LogP) is 3.74. The van der Waals surface area contributed by atoms with E-state index in [9.17, 15) is 0 Å². The highest BCUT2D eigenvalue weighted by atomic mass is 79.9. The maximum Gasteiger partial charge on any atom is 0.241 e. The van der Waals surface area contributed by atoms with Gasteiger partial charge in [-0.05, 0) is 41.4 Å². The van der Waals surface area contributed by atoms with E-state index >= 15 is 0 Å². The van der Waals surface area contributed by atoms with E-state index < -0.39 is 0 Å². The monoisotopic (exact) mass is 309 g/mol. The lowest BCUT2D eigenvalue weighted by atomic mass is 10.3. The van der Waals surface area contributed by atoms with E-state index in [0.29, 0.717) is 11.6 Å². The maximum atomic E-state index is 6.01. The number of hydrogen-bond acceptors (Lipinski definition) is 3.